The second kappa shape index (κ2) is 8.86. The summed E-state index contributed by atoms with van der Waals surface area (Å²) in [6.45, 7) is 1.99. The maximum atomic E-state index is 13.3. The smallest absolute Gasteiger partial charge is 0.274 e. The molecule has 1 aromatic heterocycles. The minimum atomic E-state index is -0.387. The van der Waals surface area contributed by atoms with Crippen LogP contribution in [0.5, 0.6) is 0 Å². The monoisotopic (exact) mass is 389 g/mol. The van der Waals surface area contributed by atoms with Gasteiger partial charge in [0.25, 0.3) is 5.91 Å². The van der Waals surface area contributed by atoms with Gasteiger partial charge in [-0.3, -0.25) is 4.79 Å². The molecule has 3 aromatic rings. The van der Waals surface area contributed by atoms with E-state index in [1.807, 2.05) is 6.07 Å². The fourth-order valence-corrected chi connectivity index (χ4v) is 3.81. The molecule has 2 aromatic carbocycles. The van der Waals surface area contributed by atoms with Crippen molar-refractivity contribution >= 4 is 17.3 Å². The molecule has 1 aliphatic heterocycles. The summed E-state index contributed by atoms with van der Waals surface area (Å²) in [7, 11) is 0. The summed E-state index contributed by atoms with van der Waals surface area (Å²) in [6.07, 6.45) is 5.18. The van der Waals surface area contributed by atoms with E-state index in [0.717, 1.165) is 38.0 Å². The molecule has 0 aliphatic carbocycles. The normalized spacial score (nSPS) is 14.6. The first-order valence-corrected chi connectivity index (χ1v) is 9.99. The van der Waals surface area contributed by atoms with Gasteiger partial charge in [0.05, 0.1) is 11.9 Å². The summed E-state index contributed by atoms with van der Waals surface area (Å²) in [4.78, 5) is 19.0. The van der Waals surface area contributed by atoms with Crippen LogP contribution in [0.1, 0.15) is 28.9 Å². The van der Waals surface area contributed by atoms with Gasteiger partial charge in [-0.25, -0.2) is 9.37 Å². The highest BCUT2D eigenvalue weighted by molar-refractivity contribution is 6.02. The molecule has 4 nitrogen and oxygen atoms in total. The SMILES string of the molecule is O=C(Nc1cccc(F)c1)c1ccc(N2CCC(Cc3ccccc3)CC2)cn1. The van der Waals surface area contributed by atoms with Gasteiger partial charge >= 0.3 is 0 Å². The standard InChI is InChI=1S/C24H24FN3O/c25-20-7-4-8-21(16-20)27-24(29)23-10-9-22(17-26-23)28-13-11-19(12-14-28)15-18-5-2-1-3-6-18/h1-10,16-17,19H,11-15H2,(H,27,29). The number of hydrogen-bond donors (Lipinski definition) is 1. The number of hydrogen-bond acceptors (Lipinski definition) is 3. The lowest BCUT2D eigenvalue weighted by Crippen LogP contribution is -2.34. The maximum absolute atomic E-state index is 13.3. The number of amides is 1. The molecule has 1 saturated heterocycles. The van der Waals surface area contributed by atoms with E-state index >= 15 is 0 Å². The van der Waals surface area contributed by atoms with Crippen LogP contribution in [0.4, 0.5) is 15.8 Å². The largest absolute Gasteiger partial charge is 0.370 e. The highest BCUT2D eigenvalue weighted by Crippen LogP contribution is 2.25. The summed E-state index contributed by atoms with van der Waals surface area (Å²) in [5, 5.41) is 2.67. The Bertz CT molecular complexity index is 951. The minimum absolute atomic E-state index is 0.317. The number of piperidine rings is 1. The fraction of sp³-hybridized carbons (Fsp3) is 0.250. The highest BCUT2D eigenvalue weighted by Gasteiger charge is 2.20. The van der Waals surface area contributed by atoms with E-state index in [-0.39, 0.29) is 11.7 Å². The number of rotatable bonds is 5. The summed E-state index contributed by atoms with van der Waals surface area (Å²) in [5.41, 5.74) is 3.17. The van der Waals surface area contributed by atoms with Crippen molar-refractivity contribution in [1.29, 1.82) is 0 Å². The molecule has 1 aliphatic rings. The zero-order chi connectivity index (χ0) is 20.1. The number of benzene rings is 2. The van der Waals surface area contributed by atoms with Crippen molar-refractivity contribution in [3.05, 3.63) is 90.0 Å². The lowest BCUT2D eigenvalue weighted by Gasteiger charge is -2.33. The van der Waals surface area contributed by atoms with Gasteiger partial charge in [0, 0.05) is 18.8 Å². The lowest BCUT2D eigenvalue weighted by molar-refractivity contribution is 0.102. The van der Waals surface area contributed by atoms with E-state index in [2.05, 4.69) is 45.5 Å². The molecule has 4 rings (SSSR count). The zero-order valence-electron chi connectivity index (χ0n) is 16.2. The predicted octanol–water partition coefficient (Wildman–Crippen LogP) is 4.93. The molecule has 148 valence electrons. The third kappa shape index (κ3) is 4.99. The molecule has 5 heteroatoms. The minimum Gasteiger partial charge on any atom is -0.370 e. The van der Waals surface area contributed by atoms with E-state index in [9.17, 15) is 9.18 Å². The van der Waals surface area contributed by atoms with Crippen LogP contribution in [0, 0.1) is 11.7 Å². The van der Waals surface area contributed by atoms with Crippen LogP contribution in [-0.4, -0.2) is 24.0 Å². The van der Waals surface area contributed by atoms with E-state index < -0.39 is 0 Å². The summed E-state index contributed by atoms with van der Waals surface area (Å²) >= 11 is 0. The summed E-state index contributed by atoms with van der Waals surface area (Å²) < 4.78 is 13.3. The van der Waals surface area contributed by atoms with E-state index in [0.29, 0.717) is 17.3 Å². The Hall–Kier alpha value is -3.21. The highest BCUT2D eigenvalue weighted by atomic mass is 19.1. The van der Waals surface area contributed by atoms with Crippen molar-refractivity contribution in [2.45, 2.75) is 19.3 Å². The topological polar surface area (TPSA) is 45.2 Å². The average Bonchev–Trinajstić information content (AvgIpc) is 2.75. The molecular formula is C24H24FN3O. The summed E-state index contributed by atoms with van der Waals surface area (Å²) in [5.74, 6) is -0.0246. The Balaban J connectivity index is 1.32. The Morgan fingerprint density at radius 2 is 1.83 bits per heavy atom. The molecule has 0 unspecified atom stereocenters. The first kappa shape index (κ1) is 19.1. The number of aromatic nitrogens is 1. The van der Waals surface area contributed by atoms with Crippen molar-refractivity contribution in [2.75, 3.05) is 23.3 Å². The molecule has 1 amide bonds. The molecule has 0 radical (unpaired) electrons. The molecule has 1 N–H and O–H groups in total. The van der Waals surface area contributed by atoms with Crippen molar-refractivity contribution in [1.82, 2.24) is 4.98 Å². The molecule has 0 atom stereocenters. The second-order valence-corrected chi connectivity index (χ2v) is 7.49. The molecule has 0 saturated carbocycles. The van der Waals surface area contributed by atoms with Crippen LogP contribution in [0.15, 0.2) is 72.9 Å². The Morgan fingerprint density at radius 1 is 1.03 bits per heavy atom. The van der Waals surface area contributed by atoms with Crippen LogP contribution in [0.3, 0.4) is 0 Å². The van der Waals surface area contributed by atoms with Crippen LogP contribution < -0.4 is 10.2 Å². The number of carbonyl (C=O) groups excluding carboxylic acids is 1. The number of nitrogens with zero attached hydrogens (tertiary/aromatic N) is 2. The first-order valence-electron chi connectivity index (χ1n) is 9.99. The zero-order valence-corrected chi connectivity index (χ0v) is 16.2. The van der Waals surface area contributed by atoms with Gasteiger partial charge in [-0.15, -0.1) is 0 Å². The van der Waals surface area contributed by atoms with Crippen molar-refractivity contribution in [3.8, 4) is 0 Å². The van der Waals surface area contributed by atoms with Gasteiger partial charge < -0.3 is 10.2 Å². The number of halogens is 1. The molecule has 0 spiro atoms. The van der Waals surface area contributed by atoms with Gasteiger partial charge in [-0.2, -0.15) is 0 Å². The average molecular weight is 389 g/mol. The maximum Gasteiger partial charge on any atom is 0.274 e. The van der Waals surface area contributed by atoms with Crippen LogP contribution in [-0.2, 0) is 6.42 Å². The summed E-state index contributed by atoms with van der Waals surface area (Å²) in [6, 6.07) is 20.1. The van der Waals surface area contributed by atoms with Crippen LogP contribution >= 0.6 is 0 Å². The Kier molecular flexibility index (Phi) is 5.84. The van der Waals surface area contributed by atoms with E-state index in [1.54, 1.807) is 24.4 Å². The van der Waals surface area contributed by atoms with Crippen LogP contribution in [0.2, 0.25) is 0 Å². The Morgan fingerprint density at radius 3 is 2.52 bits per heavy atom. The molecule has 0 bridgehead atoms. The van der Waals surface area contributed by atoms with E-state index in [1.165, 1.54) is 17.7 Å². The Labute approximate surface area is 170 Å². The predicted molar refractivity (Wildman–Crippen MR) is 114 cm³/mol. The molecule has 29 heavy (non-hydrogen) atoms. The number of nitrogens with one attached hydrogen (secondary N) is 1. The van der Waals surface area contributed by atoms with Crippen molar-refractivity contribution < 1.29 is 9.18 Å². The number of anilines is 2. The fourth-order valence-electron chi connectivity index (χ4n) is 3.81. The molecular weight excluding hydrogens is 365 g/mol. The lowest BCUT2D eigenvalue weighted by atomic mass is 9.90. The number of carbonyl (C=O) groups is 1. The second-order valence-electron chi connectivity index (χ2n) is 7.49. The van der Waals surface area contributed by atoms with Gasteiger partial charge in [0.2, 0.25) is 0 Å². The van der Waals surface area contributed by atoms with Crippen LogP contribution in [0.25, 0.3) is 0 Å². The third-order valence-corrected chi connectivity index (χ3v) is 5.41. The van der Waals surface area contributed by atoms with Gasteiger partial charge in [0.1, 0.15) is 11.5 Å². The van der Waals surface area contributed by atoms with Crippen molar-refractivity contribution in [2.24, 2.45) is 5.92 Å². The molecule has 2 heterocycles. The van der Waals surface area contributed by atoms with Gasteiger partial charge in [-0.05, 0) is 61.1 Å². The third-order valence-electron chi connectivity index (χ3n) is 5.41. The first-order chi connectivity index (χ1) is 14.2. The van der Waals surface area contributed by atoms with Gasteiger partial charge in [0.15, 0.2) is 0 Å². The molecule has 1 fully saturated rings. The number of pyridine rings is 1. The van der Waals surface area contributed by atoms with Gasteiger partial charge in [-0.1, -0.05) is 36.4 Å². The quantitative estimate of drug-likeness (QED) is 0.673. The van der Waals surface area contributed by atoms with Crippen molar-refractivity contribution in [3.63, 3.8) is 0 Å². The van der Waals surface area contributed by atoms with E-state index in [4.69, 9.17) is 0 Å².